The Labute approximate surface area is 148 Å². The van der Waals surface area contributed by atoms with Gasteiger partial charge in [0.05, 0.1) is 21.0 Å². The number of rotatable bonds is 4. The summed E-state index contributed by atoms with van der Waals surface area (Å²) in [5.74, 6) is -2.20. The predicted molar refractivity (Wildman–Crippen MR) is 92.9 cm³/mol. The molecule has 1 amide bonds. The van der Waals surface area contributed by atoms with Crippen LogP contribution >= 0.6 is 11.3 Å². The summed E-state index contributed by atoms with van der Waals surface area (Å²) in [6, 6.07) is 4.37. The van der Waals surface area contributed by atoms with Crippen molar-refractivity contribution in [3.05, 3.63) is 40.5 Å². The first-order valence-corrected chi connectivity index (χ1v) is 9.45. The number of halogens is 1. The number of hydrogen-bond donors (Lipinski definition) is 2. The van der Waals surface area contributed by atoms with Crippen LogP contribution < -0.4 is 11.5 Å². The fraction of sp³-hybridized carbons (Fsp3) is 0.250. The molecule has 0 aliphatic carbocycles. The highest BCUT2D eigenvalue weighted by Gasteiger charge is 2.35. The Bertz CT molecular complexity index is 973. The number of sulfone groups is 1. The van der Waals surface area contributed by atoms with Gasteiger partial charge in [0.2, 0.25) is 9.84 Å². The minimum atomic E-state index is -4.21. The second-order valence-corrected chi connectivity index (χ2v) is 9.58. The highest BCUT2D eigenvalue weighted by atomic mass is 32.2. The third kappa shape index (κ3) is 3.42. The Hall–Kier alpha value is -2.26. The van der Waals surface area contributed by atoms with E-state index < -0.39 is 42.7 Å². The van der Waals surface area contributed by atoms with E-state index >= 15 is 0 Å². The smallest absolute Gasteiger partial charge is 0.252 e. The Morgan fingerprint density at radius 2 is 1.80 bits per heavy atom. The van der Waals surface area contributed by atoms with Crippen molar-refractivity contribution in [3.8, 4) is 0 Å². The highest BCUT2D eigenvalue weighted by Crippen LogP contribution is 2.40. The van der Waals surface area contributed by atoms with E-state index in [0.717, 1.165) is 12.1 Å². The van der Waals surface area contributed by atoms with Crippen molar-refractivity contribution in [3.63, 3.8) is 0 Å². The molecule has 0 radical (unpaired) electrons. The summed E-state index contributed by atoms with van der Waals surface area (Å²) < 4.78 is 38.5. The standard InChI is InChI=1S/C16H17FN2O4S2/c1-16(2,3)13(20)12-10(14(19)21)11(18)15(24-12)25(22,23)9-6-4-5-8(17)7-9/h4-7H,18H2,1-3H3,(H2,19,21). The number of hydrogen-bond acceptors (Lipinski definition) is 6. The summed E-state index contributed by atoms with van der Waals surface area (Å²) in [4.78, 5) is 23.9. The van der Waals surface area contributed by atoms with Gasteiger partial charge < -0.3 is 11.5 Å². The Balaban J connectivity index is 2.76. The Kier molecular flexibility index (Phi) is 4.75. The monoisotopic (exact) mass is 384 g/mol. The van der Waals surface area contributed by atoms with Crippen molar-refractivity contribution in [1.29, 1.82) is 0 Å². The zero-order chi connectivity index (χ0) is 19.2. The molecule has 4 N–H and O–H groups in total. The van der Waals surface area contributed by atoms with Crippen LogP contribution in [0.5, 0.6) is 0 Å². The molecule has 1 aromatic carbocycles. The summed E-state index contributed by atoms with van der Waals surface area (Å²) in [7, 11) is -4.21. The normalized spacial score (nSPS) is 12.2. The van der Waals surface area contributed by atoms with Crippen LogP contribution in [-0.2, 0) is 9.84 Å². The molecule has 0 bridgehead atoms. The molecule has 1 aromatic heterocycles. The largest absolute Gasteiger partial charge is 0.396 e. The van der Waals surface area contributed by atoms with Gasteiger partial charge in [0.15, 0.2) is 5.78 Å². The molecular weight excluding hydrogens is 367 g/mol. The van der Waals surface area contributed by atoms with E-state index in [9.17, 15) is 22.4 Å². The third-order valence-electron chi connectivity index (χ3n) is 3.40. The first-order chi connectivity index (χ1) is 11.4. The molecule has 0 unspecified atom stereocenters. The van der Waals surface area contributed by atoms with Crippen LogP contribution in [0.2, 0.25) is 0 Å². The summed E-state index contributed by atoms with van der Waals surface area (Å²) >= 11 is 0.571. The first-order valence-electron chi connectivity index (χ1n) is 7.15. The van der Waals surface area contributed by atoms with Crippen molar-refractivity contribution in [1.82, 2.24) is 0 Å². The van der Waals surface area contributed by atoms with Gasteiger partial charge in [-0.1, -0.05) is 26.8 Å². The number of nitrogens with two attached hydrogens (primary N) is 2. The van der Waals surface area contributed by atoms with Gasteiger partial charge in [-0.3, -0.25) is 9.59 Å². The molecule has 2 aromatic rings. The number of thiophene rings is 1. The van der Waals surface area contributed by atoms with Crippen molar-refractivity contribution >= 4 is 38.6 Å². The second kappa shape index (κ2) is 6.23. The van der Waals surface area contributed by atoms with Gasteiger partial charge >= 0.3 is 0 Å². The average molecular weight is 384 g/mol. The van der Waals surface area contributed by atoms with Gasteiger partial charge in [-0.05, 0) is 18.2 Å². The van der Waals surface area contributed by atoms with Crippen molar-refractivity contribution in [2.45, 2.75) is 29.9 Å². The molecule has 0 atom stereocenters. The van der Waals surface area contributed by atoms with Crippen LogP contribution in [-0.4, -0.2) is 20.1 Å². The predicted octanol–water partition coefficient (Wildman–Crippen LogP) is 2.63. The molecule has 6 nitrogen and oxygen atoms in total. The second-order valence-electron chi connectivity index (χ2n) is 6.41. The van der Waals surface area contributed by atoms with Crippen molar-refractivity contribution in [2.75, 3.05) is 5.73 Å². The minimum absolute atomic E-state index is 0.118. The van der Waals surface area contributed by atoms with Gasteiger partial charge in [0.25, 0.3) is 5.91 Å². The van der Waals surface area contributed by atoms with E-state index in [1.54, 1.807) is 20.8 Å². The number of ketones is 1. The molecule has 0 saturated heterocycles. The SMILES string of the molecule is CC(C)(C)C(=O)c1sc(S(=O)(=O)c2cccc(F)c2)c(N)c1C(N)=O. The maximum atomic E-state index is 13.4. The molecule has 9 heteroatoms. The Morgan fingerprint density at radius 3 is 2.28 bits per heavy atom. The van der Waals surface area contributed by atoms with Crippen LogP contribution in [0.25, 0.3) is 0 Å². The lowest BCUT2D eigenvalue weighted by atomic mass is 9.88. The molecule has 25 heavy (non-hydrogen) atoms. The van der Waals surface area contributed by atoms with Gasteiger partial charge in [-0.15, -0.1) is 11.3 Å². The van der Waals surface area contributed by atoms with Gasteiger partial charge in [0.1, 0.15) is 10.0 Å². The van der Waals surface area contributed by atoms with Crippen molar-refractivity contribution < 1.29 is 22.4 Å². The molecular formula is C16H17FN2O4S2. The molecule has 0 fully saturated rings. The number of carbonyl (C=O) groups excluding carboxylic acids is 2. The number of Topliss-reactive ketones (excluding diaryl/α,β-unsaturated/α-hetero) is 1. The van der Waals surface area contributed by atoms with E-state index in [1.807, 2.05) is 0 Å². The Morgan fingerprint density at radius 1 is 1.20 bits per heavy atom. The van der Waals surface area contributed by atoms with E-state index in [4.69, 9.17) is 11.5 Å². The van der Waals surface area contributed by atoms with Gasteiger partial charge in [0, 0.05) is 5.41 Å². The van der Waals surface area contributed by atoms with Crippen LogP contribution in [0, 0.1) is 11.2 Å². The summed E-state index contributed by atoms with van der Waals surface area (Å²) in [6.45, 7) is 4.87. The number of amides is 1. The maximum absolute atomic E-state index is 13.4. The van der Waals surface area contributed by atoms with E-state index in [0.29, 0.717) is 11.3 Å². The van der Waals surface area contributed by atoms with Gasteiger partial charge in [-0.2, -0.15) is 0 Å². The highest BCUT2D eigenvalue weighted by molar-refractivity contribution is 7.93. The molecule has 1 heterocycles. The maximum Gasteiger partial charge on any atom is 0.252 e. The number of benzene rings is 1. The van der Waals surface area contributed by atoms with Gasteiger partial charge in [-0.25, -0.2) is 12.8 Å². The molecule has 2 rings (SSSR count). The fourth-order valence-corrected chi connectivity index (χ4v) is 5.33. The summed E-state index contributed by atoms with van der Waals surface area (Å²) in [5, 5.41) is 0. The summed E-state index contributed by atoms with van der Waals surface area (Å²) in [6.07, 6.45) is 0. The quantitative estimate of drug-likeness (QED) is 0.785. The minimum Gasteiger partial charge on any atom is -0.396 e. The molecule has 0 saturated carbocycles. The fourth-order valence-electron chi connectivity index (χ4n) is 2.11. The molecule has 0 aliphatic heterocycles. The lowest BCUT2D eigenvalue weighted by Gasteiger charge is -2.15. The zero-order valence-electron chi connectivity index (χ0n) is 13.8. The summed E-state index contributed by atoms with van der Waals surface area (Å²) in [5.41, 5.74) is 9.54. The van der Waals surface area contributed by atoms with Crippen molar-refractivity contribution in [2.24, 2.45) is 11.1 Å². The third-order valence-corrected chi connectivity index (χ3v) is 6.89. The van der Waals surface area contributed by atoms with E-state index in [2.05, 4.69) is 0 Å². The van der Waals surface area contributed by atoms with E-state index in [-0.39, 0.29) is 15.3 Å². The molecule has 134 valence electrons. The topological polar surface area (TPSA) is 120 Å². The van der Waals surface area contributed by atoms with Crippen LogP contribution in [0.15, 0.2) is 33.4 Å². The number of anilines is 1. The first kappa shape index (κ1) is 19.1. The zero-order valence-corrected chi connectivity index (χ0v) is 15.4. The van der Waals surface area contributed by atoms with Crippen LogP contribution in [0.4, 0.5) is 10.1 Å². The van der Waals surface area contributed by atoms with E-state index in [1.165, 1.54) is 12.1 Å². The average Bonchev–Trinajstić information content (AvgIpc) is 2.83. The number of nitrogen functional groups attached to an aromatic ring is 1. The van der Waals surface area contributed by atoms with Crippen LogP contribution in [0.1, 0.15) is 40.8 Å². The number of carbonyl (C=O) groups is 2. The molecule has 0 spiro atoms. The van der Waals surface area contributed by atoms with Crippen LogP contribution in [0.3, 0.4) is 0 Å². The lowest BCUT2D eigenvalue weighted by Crippen LogP contribution is -2.23. The number of primary amides is 1. The lowest BCUT2D eigenvalue weighted by molar-refractivity contribution is 0.0855. The molecule has 0 aliphatic rings.